The number of hydrogen-bond acceptors (Lipinski definition) is 5. The second kappa shape index (κ2) is 8.25. The molecule has 2 N–H and O–H groups in total. The molecule has 32 heavy (non-hydrogen) atoms. The molecule has 0 saturated heterocycles. The molecule has 0 spiro atoms. The van der Waals surface area contributed by atoms with E-state index in [2.05, 4.69) is 25.7 Å². The van der Waals surface area contributed by atoms with E-state index in [1.807, 2.05) is 0 Å². The van der Waals surface area contributed by atoms with Crippen LogP contribution in [-0.2, 0) is 0 Å². The van der Waals surface area contributed by atoms with Crippen LogP contribution in [0.2, 0.25) is 0 Å². The number of halogens is 4. The van der Waals surface area contributed by atoms with Gasteiger partial charge in [-0.15, -0.1) is 5.10 Å². The number of carbonyl (C=O) groups is 1. The minimum absolute atomic E-state index is 0.0182. The number of pyridine rings is 1. The van der Waals surface area contributed by atoms with Gasteiger partial charge in [0.1, 0.15) is 17.1 Å². The minimum Gasteiger partial charge on any atom is -0.481 e. The van der Waals surface area contributed by atoms with Crippen molar-refractivity contribution in [2.75, 3.05) is 5.32 Å². The summed E-state index contributed by atoms with van der Waals surface area (Å²) in [6.07, 6.45) is -6.48. The summed E-state index contributed by atoms with van der Waals surface area (Å²) >= 11 is 0. The Balaban J connectivity index is 1.51. The lowest BCUT2D eigenvalue weighted by atomic mass is 10.1. The average molecular weight is 445 g/mol. The topological polar surface area (TPSA) is 92.8 Å². The molecular formula is C21H15F4N5O2. The number of rotatable bonds is 5. The smallest absolute Gasteiger partial charge is 0.425 e. The fourth-order valence-corrected chi connectivity index (χ4v) is 2.84. The number of nitrogens with one attached hydrogen (secondary N) is 2. The number of aromatic amines is 1. The van der Waals surface area contributed by atoms with Crippen molar-refractivity contribution in [1.82, 2.24) is 20.4 Å². The minimum atomic E-state index is -4.50. The zero-order chi connectivity index (χ0) is 22.9. The zero-order valence-electron chi connectivity index (χ0n) is 16.4. The van der Waals surface area contributed by atoms with Crippen LogP contribution in [-0.4, -0.2) is 38.6 Å². The number of alkyl halides is 3. The Morgan fingerprint density at radius 3 is 2.56 bits per heavy atom. The normalized spacial score (nSPS) is 12.5. The molecule has 0 saturated carbocycles. The molecule has 0 aliphatic carbocycles. The van der Waals surface area contributed by atoms with Gasteiger partial charge < -0.3 is 10.1 Å². The van der Waals surface area contributed by atoms with Gasteiger partial charge >= 0.3 is 6.18 Å². The van der Waals surface area contributed by atoms with Gasteiger partial charge in [0.05, 0.1) is 11.3 Å². The number of aromatic nitrogens is 4. The van der Waals surface area contributed by atoms with E-state index in [0.29, 0.717) is 22.4 Å². The van der Waals surface area contributed by atoms with Crippen LogP contribution in [0.15, 0.2) is 54.6 Å². The molecule has 7 nitrogen and oxygen atoms in total. The van der Waals surface area contributed by atoms with Crippen LogP contribution in [0.25, 0.3) is 22.4 Å². The van der Waals surface area contributed by atoms with E-state index in [4.69, 9.17) is 4.74 Å². The number of nitrogens with zero attached hydrogens (tertiary/aromatic N) is 3. The number of anilines is 1. The Bertz CT molecular complexity index is 1270. The summed E-state index contributed by atoms with van der Waals surface area (Å²) in [6.45, 7) is 0.890. The summed E-state index contributed by atoms with van der Waals surface area (Å²) in [6, 6.07) is 12.6. The maximum atomic E-state index is 14.3. The highest BCUT2D eigenvalue weighted by Gasteiger charge is 2.38. The number of benzene rings is 2. The molecule has 0 aliphatic rings. The standard InChI is InChI=1S/C21H15F4N5O2/c1-11(21(23,24)25)32-14-5-3-13(4-6-14)26-20(31)15-10-12(2-7-16(15)22)17-8-9-18-19(27-17)29-30-28-18/h2-11H,1H3,(H,26,31)(H,27,28,29,30). The van der Waals surface area contributed by atoms with Crippen LogP contribution in [0.5, 0.6) is 5.75 Å². The molecule has 1 atom stereocenters. The van der Waals surface area contributed by atoms with Crippen LogP contribution < -0.4 is 10.1 Å². The van der Waals surface area contributed by atoms with Crippen molar-refractivity contribution in [3.63, 3.8) is 0 Å². The lowest BCUT2D eigenvalue weighted by Crippen LogP contribution is -2.31. The van der Waals surface area contributed by atoms with Crippen LogP contribution in [0.3, 0.4) is 0 Å². The molecule has 2 aromatic heterocycles. The highest BCUT2D eigenvalue weighted by molar-refractivity contribution is 6.05. The highest BCUT2D eigenvalue weighted by Crippen LogP contribution is 2.26. The van der Waals surface area contributed by atoms with Crippen LogP contribution in [0, 0.1) is 5.82 Å². The Labute approximate surface area is 178 Å². The number of amides is 1. The second-order valence-corrected chi connectivity index (χ2v) is 6.85. The molecule has 11 heteroatoms. The molecule has 0 radical (unpaired) electrons. The van der Waals surface area contributed by atoms with E-state index in [9.17, 15) is 22.4 Å². The molecule has 0 aliphatic heterocycles. The van der Waals surface area contributed by atoms with Gasteiger partial charge in [0.25, 0.3) is 5.91 Å². The molecule has 1 unspecified atom stereocenters. The van der Waals surface area contributed by atoms with Gasteiger partial charge in [-0.1, -0.05) is 5.21 Å². The van der Waals surface area contributed by atoms with E-state index in [-0.39, 0.29) is 17.0 Å². The van der Waals surface area contributed by atoms with Gasteiger partial charge in [-0.05, 0) is 61.5 Å². The fourth-order valence-electron chi connectivity index (χ4n) is 2.84. The lowest BCUT2D eigenvalue weighted by molar-refractivity contribution is -0.189. The van der Waals surface area contributed by atoms with Crippen molar-refractivity contribution >= 4 is 22.8 Å². The first-order valence-corrected chi connectivity index (χ1v) is 9.33. The Morgan fingerprint density at radius 1 is 1.09 bits per heavy atom. The summed E-state index contributed by atoms with van der Waals surface area (Å²) in [7, 11) is 0. The van der Waals surface area contributed by atoms with Gasteiger partial charge in [-0.25, -0.2) is 9.37 Å². The van der Waals surface area contributed by atoms with Crippen molar-refractivity contribution < 1.29 is 27.1 Å². The predicted molar refractivity (Wildman–Crippen MR) is 108 cm³/mol. The average Bonchev–Trinajstić information content (AvgIpc) is 3.22. The van der Waals surface area contributed by atoms with Crippen molar-refractivity contribution in [2.45, 2.75) is 19.2 Å². The van der Waals surface area contributed by atoms with Gasteiger partial charge in [0.15, 0.2) is 6.10 Å². The SMILES string of the molecule is CC(Oc1ccc(NC(=O)c2cc(-c3ccc4[nH]nnc4n3)ccc2F)cc1)C(F)(F)F. The predicted octanol–water partition coefficient (Wildman–Crippen LogP) is 4.74. The van der Waals surface area contributed by atoms with Gasteiger partial charge in [-0.3, -0.25) is 9.89 Å². The number of hydrogen-bond donors (Lipinski definition) is 2. The number of fused-ring (bicyclic) bond motifs is 1. The van der Waals surface area contributed by atoms with Gasteiger partial charge in [-0.2, -0.15) is 13.2 Å². The van der Waals surface area contributed by atoms with Crippen LogP contribution in [0.1, 0.15) is 17.3 Å². The largest absolute Gasteiger partial charge is 0.481 e. The molecule has 164 valence electrons. The Morgan fingerprint density at radius 2 is 1.84 bits per heavy atom. The first-order chi connectivity index (χ1) is 15.2. The second-order valence-electron chi connectivity index (χ2n) is 6.85. The zero-order valence-corrected chi connectivity index (χ0v) is 16.4. The van der Waals surface area contributed by atoms with Crippen LogP contribution >= 0.6 is 0 Å². The first kappa shape index (κ1) is 21.2. The van der Waals surface area contributed by atoms with E-state index < -0.39 is 24.0 Å². The number of ether oxygens (including phenoxy) is 1. The van der Waals surface area contributed by atoms with Crippen molar-refractivity contribution in [1.29, 1.82) is 0 Å². The molecule has 4 rings (SSSR count). The first-order valence-electron chi connectivity index (χ1n) is 9.33. The Kier molecular flexibility index (Phi) is 5.47. The van der Waals surface area contributed by atoms with Gasteiger partial charge in [0.2, 0.25) is 5.65 Å². The maximum Gasteiger partial charge on any atom is 0.425 e. The molecule has 2 aromatic carbocycles. The third-order valence-corrected chi connectivity index (χ3v) is 4.58. The summed E-state index contributed by atoms with van der Waals surface area (Å²) in [5.41, 5.74) is 2.00. The monoisotopic (exact) mass is 445 g/mol. The van der Waals surface area contributed by atoms with Crippen molar-refractivity contribution in [3.05, 3.63) is 66.0 Å². The third kappa shape index (κ3) is 4.51. The maximum absolute atomic E-state index is 14.3. The van der Waals surface area contributed by atoms with E-state index in [0.717, 1.165) is 13.0 Å². The molecule has 1 amide bonds. The molecule has 0 fully saturated rings. The molecule has 0 bridgehead atoms. The van der Waals surface area contributed by atoms with Crippen molar-refractivity contribution in [2.24, 2.45) is 0 Å². The summed E-state index contributed by atoms with van der Waals surface area (Å²) < 4.78 is 56.9. The fraction of sp³-hybridized carbons (Fsp3) is 0.143. The summed E-state index contributed by atoms with van der Waals surface area (Å²) in [5.74, 6) is -1.49. The van der Waals surface area contributed by atoms with Crippen LogP contribution in [0.4, 0.5) is 23.2 Å². The summed E-state index contributed by atoms with van der Waals surface area (Å²) in [5, 5.41) is 12.7. The van der Waals surface area contributed by atoms with E-state index in [1.54, 1.807) is 12.1 Å². The number of carbonyl (C=O) groups excluding carboxylic acids is 1. The highest BCUT2D eigenvalue weighted by atomic mass is 19.4. The third-order valence-electron chi connectivity index (χ3n) is 4.58. The van der Waals surface area contributed by atoms with E-state index in [1.165, 1.54) is 36.4 Å². The molecule has 4 aromatic rings. The molecule has 2 heterocycles. The lowest BCUT2D eigenvalue weighted by Gasteiger charge is -2.17. The van der Waals surface area contributed by atoms with Crippen molar-refractivity contribution in [3.8, 4) is 17.0 Å². The summed E-state index contributed by atoms with van der Waals surface area (Å²) in [4.78, 5) is 16.9. The quantitative estimate of drug-likeness (QED) is 0.433. The molecular weight excluding hydrogens is 430 g/mol. The Hall–Kier alpha value is -4.02. The number of H-pyrrole nitrogens is 1. The van der Waals surface area contributed by atoms with E-state index >= 15 is 0 Å². The van der Waals surface area contributed by atoms with Gasteiger partial charge in [0, 0.05) is 11.3 Å².